The van der Waals surface area contributed by atoms with Crippen LogP contribution >= 0.6 is 0 Å². The molecule has 0 bridgehead atoms. The van der Waals surface area contributed by atoms with Crippen LogP contribution in [0.2, 0.25) is 0 Å². The Balaban J connectivity index is 1.50. The number of ether oxygens (including phenoxy) is 1. The fourth-order valence-electron chi connectivity index (χ4n) is 4.05. The lowest BCUT2D eigenvalue weighted by atomic mass is 10.1. The van der Waals surface area contributed by atoms with Gasteiger partial charge < -0.3 is 15.4 Å². The molecule has 4 rings (SSSR count). The number of hydrogen-bond donors (Lipinski definition) is 2. The largest absolute Gasteiger partial charge is 0.385 e. The standard InChI is InChI=1S/C31H31N3O5S/c1-39-22-10-21-32-31(36)28-15-8-9-16-29(28)33-30(35)25-19-17-24(18-20-25)23-34(26-11-4-2-5-12-26)40(37,38)27-13-6-3-7-14-27/h2-9,11-20H,10,21-23H2,1H3,(H,32,36)(H,33,35). The second-order valence-electron chi connectivity index (χ2n) is 8.96. The second-order valence-corrected chi connectivity index (χ2v) is 10.8. The number of sulfonamides is 1. The van der Waals surface area contributed by atoms with E-state index in [-0.39, 0.29) is 23.3 Å². The molecule has 40 heavy (non-hydrogen) atoms. The van der Waals surface area contributed by atoms with E-state index in [0.29, 0.717) is 47.6 Å². The molecule has 4 aromatic carbocycles. The van der Waals surface area contributed by atoms with Gasteiger partial charge >= 0.3 is 0 Å². The predicted molar refractivity (Wildman–Crippen MR) is 156 cm³/mol. The first-order chi connectivity index (χ1) is 19.4. The number of carbonyl (C=O) groups excluding carboxylic acids is 2. The summed E-state index contributed by atoms with van der Waals surface area (Å²) >= 11 is 0. The van der Waals surface area contributed by atoms with Crippen molar-refractivity contribution in [3.8, 4) is 0 Å². The minimum atomic E-state index is -3.83. The molecule has 0 heterocycles. The minimum absolute atomic E-state index is 0.0786. The molecule has 0 aromatic heterocycles. The lowest BCUT2D eigenvalue weighted by molar-refractivity contribution is 0.0949. The molecule has 0 aliphatic rings. The second kappa shape index (κ2) is 13.5. The number of hydrogen-bond acceptors (Lipinski definition) is 5. The monoisotopic (exact) mass is 557 g/mol. The summed E-state index contributed by atoms with van der Waals surface area (Å²) in [5.74, 6) is -0.675. The molecule has 0 fully saturated rings. The summed E-state index contributed by atoms with van der Waals surface area (Å²) in [5, 5.41) is 5.64. The Bertz CT molecular complexity index is 1530. The number of rotatable bonds is 12. The summed E-state index contributed by atoms with van der Waals surface area (Å²) in [5.41, 5.74) is 2.36. The van der Waals surface area contributed by atoms with Crippen LogP contribution in [0.15, 0.2) is 114 Å². The summed E-state index contributed by atoms with van der Waals surface area (Å²) in [4.78, 5) is 25.9. The van der Waals surface area contributed by atoms with E-state index in [9.17, 15) is 18.0 Å². The Hall–Kier alpha value is -4.47. The third-order valence-electron chi connectivity index (χ3n) is 6.15. The van der Waals surface area contributed by atoms with Gasteiger partial charge in [0.15, 0.2) is 0 Å². The average Bonchev–Trinajstić information content (AvgIpc) is 2.99. The van der Waals surface area contributed by atoms with Crippen molar-refractivity contribution in [1.82, 2.24) is 5.32 Å². The Labute approximate surface area is 234 Å². The van der Waals surface area contributed by atoms with Gasteiger partial charge in [-0.1, -0.05) is 60.7 Å². The molecule has 0 radical (unpaired) electrons. The van der Waals surface area contributed by atoms with Crippen molar-refractivity contribution < 1.29 is 22.7 Å². The first-order valence-electron chi connectivity index (χ1n) is 12.8. The number of methoxy groups -OCH3 is 1. The summed E-state index contributed by atoms with van der Waals surface area (Å²) in [6.45, 7) is 1.07. The zero-order chi connectivity index (χ0) is 28.4. The smallest absolute Gasteiger partial charge is 0.264 e. The molecule has 0 atom stereocenters. The first-order valence-corrected chi connectivity index (χ1v) is 14.2. The molecule has 9 heteroatoms. The number of benzene rings is 4. The molecule has 0 saturated carbocycles. The van der Waals surface area contributed by atoms with Gasteiger partial charge in [-0.25, -0.2) is 8.42 Å². The molecule has 0 aliphatic carbocycles. The fourth-order valence-corrected chi connectivity index (χ4v) is 5.53. The van der Waals surface area contributed by atoms with E-state index < -0.39 is 10.0 Å². The number of anilines is 2. The molecular formula is C31H31N3O5S. The molecule has 0 spiro atoms. The van der Waals surface area contributed by atoms with Gasteiger partial charge in [-0.05, 0) is 60.5 Å². The lowest BCUT2D eigenvalue weighted by Crippen LogP contribution is -2.30. The molecule has 8 nitrogen and oxygen atoms in total. The van der Waals surface area contributed by atoms with Crippen LogP contribution in [0.4, 0.5) is 11.4 Å². The van der Waals surface area contributed by atoms with E-state index in [1.807, 2.05) is 6.07 Å². The Kier molecular flexibility index (Phi) is 9.66. The maximum atomic E-state index is 13.5. The number of carbonyl (C=O) groups is 2. The molecule has 4 aromatic rings. The molecule has 0 saturated heterocycles. The lowest BCUT2D eigenvalue weighted by Gasteiger charge is -2.25. The normalized spacial score (nSPS) is 11.0. The Morgan fingerprint density at radius 3 is 2.08 bits per heavy atom. The van der Waals surface area contributed by atoms with Crippen LogP contribution in [0.25, 0.3) is 0 Å². The van der Waals surface area contributed by atoms with Crippen molar-refractivity contribution in [2.75, 3.05) is 29.9 Å². The van der Waals surface area contributed by atoms with Crippen molar-refractivity contribution in [2.45, 2.75) is 17.9 Å². The van der Waals surface area contributed by atoms with E-state index in [0.717, 1.165) is 0 Å². The van der Waals surface area contributed by atoms with Crippen molar-refractivity contribution >= 4 is 33.2 Å². The van der Waals surface area contributed by atoms with Crippen molar-refractivity contribution in [3.63, 3.8) is 0 Å². The molecule has 2 amide bonds. The molecule has 206 valence electrons. The summed E-state index contributed by atoms with van der Waals surface area (Å²) in [7, 11) is -2.23. The van der Waals surface area contributed by atoms with Crippen molar-refractivity contribution in [3.05, 3.63) is 126 Å². The van der Waals surface area contributed by atoms with E-state index in [1.54, 1.807) is 110 Å². The SMILES string of the molecule is COCCCNC(=O)c1ccccc1NC(=O)c1ccc(CN(c2ccccc2)S(=O)(=O)c2ccccc2)cc1. The quantitative estimate of drug-likeness (QED) is 0.236. The third kappa shape index (κ3) is 7.13. The highest BCUT2D eigenvalue weighted by Gasteiger charge is 2.25. The van der Waals surface area contributed by atoms with Gasteiger partial charge in [0, 0.05) is 25.8 Å². The van der Waals surface area contributed by atoms with Gasteiger partial charge in [-0.15, -0.1) is 0 Å². The summed E-state index contributed by atoms with van der Waals surface area (Å²) in [6.07, 6.45) is 0.678. The average molecular weight is 558 g/mol. The van der Waals surface area contributed by atoms with E-state index >= 15 is 0 Å². The van der Waals surface area contributed by atoms with Gasteiger partial charge in [-0.2, -0.15) is 0 Å². The third-order valence-corrected chi connectivity index (χ3v) is 7.94. The maximum absolute atomic E-state index is 13.5. The summed E-state index contributed by atoms with van der Waals surface area (Å²) in [6, 6.07) is 30.7. The molecule has 0 unspecified atom stereocenters. The van der Waals surface area contributed by atoms with Crippen molar-refractivity contribution in [1.29, 1.82) is 0 Å². The van der Waals surface area contributed by atoms with Crippen LogP contribution in [0.5, 0.6) is 0 Å². The number of amides is 2. The molecule has 0 aliphatic heterocycles. The zero-order valence-electron chi connectivity index (χ0n) is 22.1. The number of para-hydroxylation sites is 2. The summed E-state index contributed by atoms with van der Waals surface area (Å²) < 4.78 is 33.4. The maximum Gasteiger partial charge on any atom is 0.264 e. The van der Waals surface area contributed by atoms with Gasteiger partial charge in [0.25, 0.3) is 21.8 Å². The molecule has 2 N–H and O–H groups in total. The number of nitrogens with zero attached hydrogens (tertiary/aromatic N) is 1. The van der Waals surface area contributed by atoms with Crippen LogP contribution in [0, 0.1) is 0 Å². The van der Waals surface area contributed by atoms with Gasteiger partial charge in [0.1, 0.15) is 0 Å². The van der Waals surface area contributed by atoms with Crippen LogP contribution in [-0.4, -0.2) is 40.5 Å². The van der Waals surface area contributed by atoms with Crippen molar-refractivity contribution in [2.24, 2.45) is 0 Å². The van der Waals surface area contributed by atoms with E-state index in [1.165, 1.54) is 4.31 Å². The zero-order valence-corrected chi connectivity index (χ0v) is 22.9. The fraction of sp³-hybridized carbons (Fsp3) is 0.161. The Morgan fingerprint density at radius 2 is 1.40 bits per heavy atom. The van der Waals surface area contributed by atoms with Crippen LogP contribution in [0.3, 0.4) is 0 Å². The number of nitrogens with one attached hydrogen (secondary N) is 2. The van der Waals surface area contributed by atoms with E-state index in [4.69, 9.17) is 4.74 Å². The highest BCUT2D eigenvalue weighted by atomic mass is 32.2. The highest BCUT2D eigenvalue weighted by molar-refractivity contribution is 7.92. The van der Waals surface area contributed by atoms with Gasteiger partial charge in [0.05, 0.1) is 28.4 Å². The minimum Gasteiger partial charge on any atom is -0.385 e. The van der Waals surface area contributed by atoms with Crippen LogP contribution in [0.1, 0.15) is 32.7 Å². The van der Waals surface area contributed by atoms with Gasteiger partial charge in [0.2, 0.25) is 0 Å². The topological polar surface area (TPSA) is 105 Å². The predicted octanol–water partition coefficient (Wildman–Crippen LogP) is 5.10. The van der Waals surface area contributed by atoms with Crippen LogP contribution < -0.4 is 14.9 Å². The highest BCUT2D eigenvalue weighted by Crippen LogP contribution is 2.26. The Morgan fingerprint density at radius 1 is 0.775 bits per heavy atom. The first kappa shape index (κ1) is 28.5. The molecular weight excluding hydrogens is 526 g/mol. The van der Waals surface area contributed by atoms with Crippen LogP contribution in [-0.2, 0) is 21.3 Å². The van der Waals surface area contributed by atoms with Gasteiger partial charge in [-0.3, -0.25) is 13.9 Å². The van der Waals surface area contributed by atoms with E-state index in [2.05, 4.69) is 10.6 Å².